The van der Waals surface area contributed by atoms with Gasteiger partial charge in [0.1, 0.15) is 11.5 Å². The lowest BCUT2D eigenvalue weighted by molar-refractivity contribution is -0.297. The molecule has 0 aliphatic heterocycles. The van der Waals surface area contributed by atoms with Crippen LogP contribution < -0.4 is 9.47 Å². The highest BCUT2D eigenvalue weighted by molar-refractivity contribution is 5.83. The molecule has 220 valence electrons. The zero-order valence-electron chi connectivity index (χ0n) is 23.1. The first-order valence-electron chi connectivity index (χ1n) is 13.0. The van der Waals surface area contributed by atoms with Crippen LogP contribution in [0.5, 0.6) is 11.5 Å². The minimum absolute atomic E-state index is 0.0745. The Morgan fingerprint density at radius 3 is 1.18 bits per heavy atom. The predicted molar refractivity (Wildman–Crippen MR) is 143 cm³/mol. The molecule has 6 nitrogen and oxygen atoms in total. The zero-order chi connectivity index (χ0) is 30.3. The molecule has 3 rings (SSSR count). The van der Waals surface area contributed by atoms with Gasteiger partial charge in [-0.1, -0.05) is 40.9 Å². The van der Waals surface area contributed by atoms with E-state index in [-0.39, 0.29) is 37.2 Å². The normalized spacial score (nSPS) is 16.7. The summed E-state index contributed by atoms with van der Waals surface area (Å²) < 4.78 is 78.0. The predicted octanol–water partition coefficient (Wildman–Crippen LogP) is 8.07. The van der Waals surface area contributed by atoms with Gasteiger partial charge in [0.05, 0.1) is 23.3 Å². The number of hydrogen-bond donors (Lipinski definition) is 0. The second kappa shape index (κ2) is 16.6. The van der Waals surface area contributed by atoms with Crippen molar-refractivity contribution in [2.24, 2.45) is 0 Å². The van der Waals surface area contributed by atoms with Gasteiger partial charge in [0.25, 0.3) is 0 Å². The Bertz CT molecular complexity index is 989. The van der Waals surface area contributed by atoms with E-state index in [4.69, 9.17) is 18.9 Å². The summed E-state index contributed by atoms with van der Waals surface area (Å²) in [5.41, 5.74) is -0.874. The number of rotatable bonds is 10. The Balaban J connectivity index is 0.00000191. The lowest BCUT2D eigenvalue weighted by Gasteiger charge is -2.33. The number of benzene rings is 2. The number of ether oxygens (including phenoxy) is 4. The van der Waals surface area contributed by atoms with Gasteiger partial charge in [-0.2, -0.15) is 17.6 Å². The van der Waals surface area contributed by atoms with Crippen LogP contribution >= 0.6 is 0 Å². The van der Waals surface area contributed by atoms with E-state index in [0.717, 1.165) is 36.4 Å². The highest BCUT2D eigenvalue weighted by Crippen LogP contribution is 2.39. The van der Waals surface area contributed by atoms with E-state index in [2.05, 4.69) is 13.2 Å². The summed E-state index contributed by atoms with van der Waals surface area (Å²) in [5, 5.41) is 0. The average molecular weight is 569 g/mol. The zero-order valence-corrected chi connectivity index (χ0v) is 23.1. The van der Waals surface area contributed by atoms with E-state index in [9.17, 15) is 27.2 Å². The van der Waals surface area contributed by atoms with E-state index in [1.165, 1.54) is 24.3 Å². The van der Waals surface area contributed by atoms with Crippen LogP contribution in [0.15, 0.2) is 73.8 Å². The van der Waals surface area contributed by atoms with Gasteiger partial charge in [0.15, 0.2) is 0 Å². The number of hydrogen-bond acceptors (Lipinski definition) is 6. The molecule has 0 bridgehead atoms. The molecule has 0 aromatic heterocycles. The summed E-state index contributed by atoms with van der Waals surface area (Å²) in [6.45, 7) is 14.5. The number of halogens is 4. The standard InChI is InChI=1S/C26H24F4O6.2C2H6/c1-3-23(31)33-19-9-5-17(6-10-19)25(27,28)35-21-13-15-22(16-14-21)36-26(29,30)18-7-11-20(12-8-18)34-24(32)4-2;2*1-2/h3-12,21-22H,1-2,13-16H2;2*1-2H3. The smallest absolute Gasteiger partial charge is 0.383 e. The lowest BCUT2D eigenvalue weighted by atomic mass is 9.94. The van der Waals surface area contributed by atoms with Crippen molar-refractivity contribution >= 4 is 11.9 Å². The molecule has 2 aromatic carbocycles. The molecule has 0 spiro atoms. The summed E-state index contributed by atoms with van der Waals surface area (Å²) in [5.74, 6) is -1.29. The van der Waals surface area contributed by atoms with Crippen LogP contribution in [0, 0.1) is 0 Å². The van der Waals surface area contributed by atoms with Crippen LogP contribution in [-0.4, -0.2) is 24.1 Å². The molecule has 0 unspecified atom stereocenters. The molecule has 1 aliphatic carbocycles. The van der Waals surface area contributed by atoms with Crippen molar-refractivity contribution in [2.45, 2.75) is 77.8 Å². The molecule has 0 atom stereocenters. The highest BCUT2D eigenvalue weighted by Gasteiger charge is 2.40. The van der Waals surface area contributed by atoms with Crippen molar-refractivity contribution in [3.63, 3.8) is 0 Å². The van der Waals surface area contributed by atoms with E-state index in [0.29, 0.717) is 0 Å². The Morgan fingerprint density at radius 2 is 0.925 bits per heavy atom. The second-order valence-electron chi connectivity index (χ2n) is 7.97. The van der Waals surface area contributed by atoms with Crippen LogP contribution in [0.3, 0.4) is 0 Å². The number of esters is 2. The fourth-order valence-electron chi connectivity index (χ4n) is 3.57. The van der Waals surface area contributed by atoms with Crippen molar-refractivity contribution < 1.29 is 46.1 Å². The van der Waals surface area contributed by atoms with Gasteiger partial charge in [-0.3, -0.25) is 0 Å². The average Bonchev–Trinajstić information content (AvgIpc) is 2.96. The van der Waals surface area contributed by atoms with Crippen molar-refractivity contribution in [3.8, 4) is 11.5 Å². The third-order valence-electron chi connectivity index (χ3n) is 5.40. The Hall–Kier alpha value is -3.50. The molecule has 1 fully saturated rings. The lowest BCUT2D eigenvalue weighted by Crippen LogP contribution is -2.34. The van der Waals surface area contributed by atoms with Crippen LogP contribution in [0.2, 0.25) is 0 Å². The van der Waals surface area contributed by atoms with Crippen LogP contribution in [0.25, 0.3) is 0 Å². The molecule has 1 saturated carbocycles. The summed E-state index contributed by atoms with van der Waals surface area (Å²) in [6.07, 6.45) is -6.67. The Kier molecular flexibility index (Phi) is 14.3. The van der Waals surface area contributed by atoms with Gasteiger partial charge in [-0.05, 0) is 74.2 Å². The molecule has 0 heterocycles. The van der Waals surface area contributed by atoms with E-state index in [1.54, 1.807) is 0 Å². The Labute approximate surface area is 232 Å². The first-order valence-corrected chi connectivity index (χ1v) is 13.0. The summed E-state index contributed by atoms with van der Waals surface area (Å²) in [4.78, 5) is 22.4. The topological polar surface area (TPSA) is 71.1 Å². The SMILES string of the molecule is C=CC(=O)Oc1ccc(C(F)(F)OC2CCC(OC(F)(F)c3ccc(OC(=O)C=C)cc3)CC2)cc1.CC.CC. The first kappa shape index (κ1) is 34.5. The van der Waals surface area contributed by atoms with Crippen LogP contribution in [-0.2, 0) is 31.3 Å². The molecule has 40 heavy (non-hydrogen) atoms. The van der Waals surface area contributed by atoms with Crippen molar-refractivity contribution in [1.29, 1.82) is 0 Å². The van der Waals surface area contributed by atoms with E-state index in [1.807, 2.05) is 27.7 Å². The maximum absolute atomic E-state index is 14.6. The van der Waals surface area contributed by atoms with Crippen molar-refractivity contribution in [3.05, 3.63) is 85.0 Å². The highest BCUT2D eigenvalue weighted by atomic mass is 19.3. The van der Waals surface area contributed by atoms with Crippen LogP contribution in [0.4, 0.5) is 17.6 Å². The molecule has 10 heteroatoms. The van der Waals surface area contributed by atoms with Gasteiger partial charge in [0, 0.05) is 12.2 Å². The number of carbonyl (C=O) groups is 2. The molecular formula is C30H36F4O6. The largest absolute Gasteiger partial charge is 0.423 e. The quantitative estimate of drug-likeness (QED) is 0.125. The fourth-order valence-corrected chi connectivity index (χ4v) is 3.57. The molecule has 0 N–H and O–H groups in total. The third-order valence-corrected chi connectivity index (χ3v) is 5.40. The third kappa shape index (κ3) is 10.6. The minimum Gasteiger partial charge on any atom is -0.423 e. The van der Waals surface area contributed by atoms with Crippen LogP contribution in [0.1, 0.15) is 64.5 Å². The van der Waals surface area contributed by atoms with Crippen molar-refractivity contribution in [2.75, 3.05) is 0 Å². The second-order valence-corrected chi connectivity index (χ2v) is 7.97. The summed E-state index contributed by atoms with van der Waals surface area (Å²) in [7, 11) is 0. The van der Waals surface area contributed by atoms with Gasteiger partial charge < -0.3 is 18.9 Å². The van der Waals surface area contributed by atoms with Crippen molar-refractivity contribution in [1.82, 2.24) is 0 Å². The maximum Gasteiger partial charge on any atom is 0.383 e. The molecule has 1 aliphatic rings. The van der Waals surface area contributed by atoms with Gasteiger partial charge in [-0.15, -0.1) is 0 Å². The molecule has 0 radical (unpaired) electrons. The van der Waals surface area contributed by atoms with Gasteiger partial charge in [-0.25, -0.2) is 9.59 Å². The molecular weight excluding hydrogens is 532 g/mol. The van der Waals surface area contributed by atoms with Gasteiger partial charge in [0.2, 0.25) is 0 Å². The first-order chi connectivity index (χ1) is 19.0. The maximum atomic E-state index is 14.6. The summed E-state index contributed by atoms with van der Waals surface area (Å²) in [6, 6.07) is 9.12. The monoisotopic (exact) mass is 568 g/mol. The minimum atomic E-state index is -3.62. The van der Waals surface area contributed by atoms with E-state index < -0.39 is 47.5 Å². The number of alkyl halides is 4. The number of carbonyl (C=O) groups excluding carboxylic acids is 2. The van der Waals surface area contributed by atoms with E-state index >= 15 is 0 Å². The van der Waals surface area contributed by atoms with Gasteiger partial charge >= 0.3 is 24.2 Å². The molecule has 0 amide bonds. The molecule has 2 aromatic rings. The Morgan fingerprint density at radius 1 is 0.650 bits per heavy atom. The molecule has 0 saturated heterocycles. The summed E-state index contributed by atoms with van der Waals surface area (Å²) >= 11 is 0. The fraction of sp³-hybridized carbons (Fsp3) is 0.400.